The van der Waals surface area contributed by atoms with Gasteiger partial charge >= 0.3 is 0 Å². The van der Waals surface area contributed by atoms with Crippen LogP contribution in [0, 0.1) is 0 Å². The van der Waals surface area contributed by atoms with E-state index >= 15 is 0 Å². The van der Waals surface area contributed by atoms with E-state index in [4.69, 9.17) is 11.6 Å². The molecule has 2 rings (SSSR count). The fraction of sp³-hybridized carbons (Fsp3) is 0.625. The van der Waals surface area contributed by atoms with Crippen LogP contribution in [0.4, 0.5) is 0 Å². The van der Waals surface area contributed by atoms with Gasteiger partial charge < -0.3 is 9.80 Å². The third kappa shape index (κ3) is 4.99. The topological polar surface area (TPSA) is 40.6 Å². The summed E-state index contributed by atoms with van der Waals surface area (Å²) < 4.78 is 0.714. The number of halogens is 1. The van der Waals surface area contributed by atoms with Gasteiger partial charge in [-0.3, -0.25) is 9.59 Å². The number of unbranched alkanes of at least 4 members (excludes halogenated alkanes) is 1. The van der Waals surface area contributed by atoms with Crippen LogP contribution < -0.4 is 0 Å². The number of carbonyl (C=O) groups is 2. The molecule has 1 aliphatic heterocycles. The first kappa shape index (κ1) is 17.3. The summed E-state index contributed by atoms with van der Waals surface area (Å²) in [7, 11) is 0. The highest BCUT2D eigenvalue weighted by Gasteiger charge is 2.22. The number of thiophene rings is 1. The number of amides is 2. The molecule has 1 saturated heterocycles. The van der Waals surface area contributed by atoms with Gasteiger partial charge in [0.05, 0.1) is 10.8 Å². The van der Waals surface area contributed by atoms with E-state index < -0.39 is 0 Å². The Morgan fingerprint density at radius 2 is 1.82 bits per heavy atom. The van der Waals surface area contributed by atoms with Crippen molar-refractivity contribution in [3.63, 3.8) is 0 Å². The van der Waals surface area contributed by atoms with Crippen molar-refractivity contribution in [2.75, 3.05) is 26.2 Å². The Hall–Kier alpha value is -1.07. The molecule has 0 aromatic carbocycles. The molecule has 0 atom stereocenters. The maximum atomic E-state index is 12.4. The van der Waals surface area contributed by atoms with Crippen molar-refractivity contribution in [2.24, 2.45) is 0 Å². The van der Waals surface area contributed by atoms with E-state index in [1.54, 1.807) is 0 Å². The Kier molecular flexibility index (Phi) is 6.70. The standard InChI is InChI=1S/C16H23ClN2O2S/c1-2-3-5-15(20)18-8-4-9-19(11-10-18)16(21)12-13-6-7-14(17)22-13/h6-7H,2-5,8-12H2,1H3. The summed E-state index contributed by atoms with van der Waals surface area (Å²) in [6, 6.07) is 3.73. The van der Waals surface area contributed by atoms with E-state index in [2.05, 4.69) is 6.92 Å². The Morgan fingerprint density at radius 3 is 2.41 bits per heavy atom. The van der Waals surface area contributed by atoms with Gasteiger partial charge in [-0.15, -0.1) is 11.3 Å². The molecule has 0 saturated carbocycles. The van der Waals surface area contributed by atoms with Crippen LogP contribution in [-0.2, 0) is 16.0 Å². The lowest BCUT2D eigenvalue weighted by molar-refractivity contribution is -0.133. The molecule has 0 aliphatic carbocycles. The number of nitrogens with zero attached hydrogens (tertiary/aromatic N) is 2. The molecule has 0 radical (unpaired) electrons. The van der Waals surface area contributed by atoms with E-state index in [9.17, 15) is 9.59 Å². The highest BCUT2D eigenvalue weighted by molar-refractivity contribution is 7.16. The lowest BCUT2D eigenvalue weighted by atomic mass is 10.2. The molecule has 1 aromatic rings. The summed E-state index contributed by atoms with van der Waals surface area (Å²) in [6.07, 6.45) is 3.86. The van der Waals surface area contributed by atoms with Gasteiger partial charge in [0.2, 0.25) is 11.8 Å². The molecule has 4 nitrogen and oxygen atoms in total. The van der Waals surface area contributed by atoms with Gasteiger partial charge in [0.25, 0.3) is 0 Å². The fourth-order valence-corrected chi connectivity index (χ4v) is 3.69. The molecule has 1 aromatic heterocycles. The van der Waals surface area contributed by atoms with Crippen molar-refractivity contribution in [1.29, 1.82) is 0 Å². The summed E-state index contributed by atoms with van der Waals surface area (Å²) >= 11 is 7.35. The normalized spacial score (nSPS) is 15.7. The molecular weight excluding hydrogens is 320 g/mol. The van der Waals surface area contributed by atoms with Crippen molar-refractivity contribution in [3.05, 3.63) is 21.3 Å². The zero-order valence-electron chi connectivity index (χ0n) is 13.0. The average molecular weight is 343 g/mol. The van der Waals surface area contributed by atoms with Gasteiger partial charge in [0, 0.05) is 37.5 Å². The highest BCUT2D eigenvalue weighted by atomic mass is 35.5. The van der Waals surface area contributed by atoms with Gasteiger partial charge in [-0.2, -0.15) is 0 Å². The van der Waals surface area contributed by atoms with Crippen molar-refractivity contribution < 1.29 is 9.59 Å². The molecule has 0 spiro atoms. The Bertz CT molecular complexity index is 518. The van der Waals surface area contributed by atoms with E-state index in [0.29, 0.717) is 30.3 Å². The fourth-order valence-electron chi connectivity index (χ4n) is 2.61. The molecule has 2 amide bonds. The summed E-state index contributed by atoms with van der Waals surface area (Å²) in [5.74, 6) is 0.350. The van der Waals surface area contributed by atoms with Crippen molar-refractivity contribution in [1.82, 2.24) is 9.80 Å². The third-order valence-corrected chi connectivity index (χ3v) is 5.13. The first-order valence-electron chi connectivity index (χ1n) is 7.90. The molecule has 0 unspecified atom stereocenters. The largest absolute Gasteiger partial charge is 0.341 e. The SMILES string of the molecule is CCCCC(=O)N1CCCN(C(=O)Cc2ccc(Cl)s2)CC1. The lowest BCUT2D eigenvalue weighted by Gasteiger charge is -2.22. The molecule has 0 N–H and O–H groups in total. The van der Waals surface area contributed by atoms with Crippen molar-refractivity contribution in [2.45, 2.75) is 39.0 Å². The van der Waals surface area contributed by atoms with E-state index in [0.717, 1.165) is 37.2 Å². The first-order chi connectivity index (χ1) is 10.6. The van der Waals surface area contributed by atoms with Crippen LogP contribution in [0.5, 0.6) is 0 Å². The summed E-state index contributed by atoms with van der Waals surface area (Å²) in [6.45, 7) is 4.87. The zero-order valence-corrected chi connectivity index (χ0v) is 14.6. The second-order valence-electron chi connectivity index (χ2n) is 5.60. The average Bonchev–Trinajstić information content (AvgIpc) is 2.77. The number of rotatable bonds is 5. The second kappa shape index (κ2) is 8.53. The highest BCUT2D eigenvalue weighted by Crippen LogP contribution is 2.22. The van der Waals surface area contributed by atoms with Crippen LogP contribution in [0.2, 0.25) is 4.34 Å². The van der Waals surface area contributed by atoms with Crippen LogP contribution in [0.15, 0.2) is 12.1 Å². The monoisotopic (exact) mass is 342 g/mol. The summed E-state index contributed by atoms with van der Waals surface area (Å²) in [4.78, 5) is 29.2. The van der Waals surface area contributed by atoms with Gasteiger partial charge in [0.1, 0.15) is 0 Å². The van der Waals surface area contributed by atoms with Crippen molar-refractivity contribution in [3.8, 4) is 0 Å². The van der Waals surface area contributed by atoms with Crippen LogP contribution in [0.25, 0.3) is 0 Å². The molecule has 122 valence electrons. The predicted octanol–water partition coefficient (Wildman–Crippen LogP) is 3.20. The van der Waals surface area contributed by atoms with Gasteiger partial charge in [-0.25, -0.2) is 0 Å². The second-order valence-corrected chi connectivity index (χ2v) is 7.40. The zero-order chi connectivity index (χ0) is 15.9. The number of hydrogen-bond donors (Lipinski definition) is 0. The Morgan fingerprint density at radius 1 is 1.14 bits per heavy atom. The van der Waals surface area contributed by atoms with E-state index in [-0.39, 0.29) is 11.8 Å². The van der Waals surface area contributed by atoms with Crippen LogP contribution in [0.1, 0.15) is 37.5 Å². The quantitative estimate of drug-likeness (QED) is 0.824. The summed E-state index contributed by atoms with van der Waals surface area (Å²) in [5.41, 5.74) is 0. The van der Waals surface area contributed by atoms with Gasteiger partial charge in [-0.1, -0.05) is 24.9 Å². The van der Waals surface area contributed by atoms with Gasteiger partial charge in [0.15, 0.2) is 0 Å². The van der Waals surface area contributed by atoms with E-state index in [1.807, 2.05) is 21.9 Å². The summed E-state index contributed by atoms with van der Waals surface area (Å²) in [5, 5.41) is 0. The van der Waals surface area contributed by atoms with Crippen molar-refractivity contribution >= 4 is 34.8 Å². The lowest BCUT2D eigenvalue weighted by Crippen LogP contribution is -2.37. The van der Waals surface area contributed by atoms with Crippen LogP contribution in [0.3, 0.4) is 0 Å². The molecule has 1 fully saturated rings. The first-order valence-corrected chi connectivity index (χ1v) is 9.09. The van der Waals surface area contributed by atoms with E-state index in [1.165, 1.54) is 11.3 Å². The minimum atomic E-state index is 0.126. The maximum Gasteiger partial charge on any atom is 0.227 e. The molecule has 0 bridgehead atoms. The smallest absolute Gasteiger partial charge is 0.227 e. The molecule has 6 heteroatoms. The molecule has 2 heterocycles. The molecule has 1 aliphatic rings. The van der Waals surface area contributed by atoms with Crippen LogP contribution in [-0.4, -0.2) is 47.8 Å². The third-order valence-electron chi connectivity index (χ3n) is 3.90. The molecule has 22 heavy (non-hydrogen) atoms. The minimum Gasteiger partial charge on any atom is -0.341 e. The molecular formula is C16H23ClN2O2S. The number of hydrogen-bond acceptors (Lipinski definition) is 3. The minimum absolute atomic E-state index is 0.126. The Balaban J connectivity index is 1.84. The van der Waals surface area contributed by atoms with Gasteiger partial charge in [-0.05, 0) is 25.0 Å². The maximum absolute atomic E-state index is 12.4. The Labute approximate surface area is 141 Å². The predicted molar refractivity (Wildman–Crippen MR) is 90.3 cm³/mol. The number of carbonyl (C=O) groups excluding carboxylic acids is 2. The van der Waals surface area contributed by atoms with Crippen LogP contribution >= 0.6 is 22.9 Å².